The molecule has 0 bridgehead atoms. The number of hydrogen-bond donors (Lipinski definition) is 0. The van der Waals surface area contributed by atoms with Gasteiger partial charge in [-0.15, -0.1) is 0 Å². The summed E-state index contributed by atoms with van der Waals surface area (Å²) in [5.74, 6) is 1.05. The molecule has 4 nitrogen and oxygen atoms in total. The lowest BCUT2D eigenvalue weighted by atomic mass is 9.96. The van der Waals surface area contributed by atoms with E-state index in [9.17, 15) is 4.79 Å². The van der Waals surface area contributed by atoms with Gasteiger partial charge in [0.25, 0.3) is 0 Å². The Labute approximate surface area is 100 Å². The molecular weight excluding hydrogens is 220 g/mol. The normalized spacial score (nSPS) is 17.9. The molecule has 4 heteroatoms. The van der Waals surface area contributed by atoms with Crippen molar-refractivity contribution < 1.29 is 19.0 Å². The number of hydrogen-bond acceptors (Lipinski definition) is 4. The van der Waals surface area contributed by atoms with Crippen LogP contribution >= 0.6 is 0 Å². The van der Waals surface area contributed by atoms with Gasteiger partial charge in [0.1, 0.15) is 6.61 Å². The first-order chi connectivity index (χ1) is 8.26. The lowest BCUT2D eigenvalue weighted by Crippen LogP contribution is -2.29. The van der Waals surface area contributed by atoms with E-state index >= 15 is 0 Å². The molecule has 0 saturated carbocycles. The monoisotopic (exact) mass is 236 g/mol. The van der Waals surface area contributed by atoms with Gasteiger partial charge < -0.3 is 14.2 Å². The average molecular weight is 236 g/mol. The molecule has 0 amide bonds. The van der Waals surface area contributed by atoms with Crippen molar-refractivity contribution in [1.82, 2.24) is 0 Å². The molecule has 1 heterocycles. The smallest absolute Gasteiger partial charge is 0.312 e. The molecule has 0 aliphatic carbocycles. The molecule has 1 atom stereocenters. The summed E-state index contributed by atoms with van der Waals surface area (Å²) in [5.41, 5.74) is 0.994. The van der Waals surface area contributed by atoms with E-state index in [-0.39, 0.29) is 11.9 Å². The lowest BCUT2D eigenvalue weighted by Gasteiger charge is -2.25. The molecule has 0 aromatic heterocycles. The highest BCUT2D eigenvalue weighted by molar-refractivity contribution is 5.73. The van der Waals surface area contributed by atoms with Crippen molar-refractivity contribution in [1.29, 1.82) is 0 Å². The summed E-state index contributed by atoms with van der Waals surface area (Å²) >= 11 is 0. The number of carbonyl (C=O) groups excluding carboxylic acids is 1. The number of rotatable bonds is 3. The van der Waals surface area contributed by atoms with Crippen LogP contribution in [0.15, 0.2) is 18.2 Å². The van der Waals surface area contributed by atoms with Crippen LogP contribution in [0.5, 0.6) is 11.5 Å². The third-order valence-corrected chi connectivity index (χ3v) is 2.80. The van der Waals surface area contributed by atoms with Crippen LogP contribution in [0.3, 0.4) is 0 Å². The zero-order valence-electron chi connectivity index (χ0n) is 10.1. The number of carbonyl (C=O) groups is 1. The SMILES string of the molecule is CCOC(=O)[C@@H]1COc2c(cccc2OC)C1. The summed E-state index contributed by atoms with van der Waals surface area (Å²) in [7, 11) is 1.61. The van der Waals surface area contributed by atoms with E-state index in [4.69, 9.17) is 14.2 Å². The minimum absolute atomic E-state index is 0.194. The van der Waals surface area contributed by atoms with Crippen molar-refractivity contribution in [2.45, 2.75) is 13.3 Å². The molecule has 92 valence electrons. The van der Waals surface area contributed by atoms with Crippen molar-refractivity contribution in [3.63, 3.8) is 0 Å². The fourth-order valence-corrected chi connectivity index (χ4v) is 1.97. The highest BCUT2D eigenvalue weighted by atomic mass is 16.5. The summed E-state index contributed by atoms with van der Waals surface area (Å²) in [6.45, 7) is 2.56. The van der Waals surface area contributed by atoms with E-state index in [1.165, 1.54) is 0 Å². The van der Waals surface area contributed by atoms with Gasteiger partial charge in [-0.05, 0) is 25.0 Å². The molecule has 1 aliphatic rings. The Bertz CT molecular complexity index is 414. The van der Waals surface area contributed by atoms with Crippen molar-refractivity contribution in [2.75, 3.05) is 20.3 Å². The Balaban J connectivity index is 2.17. The number of benzene rings is 1. The molecule has 1 aromatic rings. The number of ether oxygens (including phenoxy) is 3. The maximum Gasteiger partial charge on any atom is 0.312 e. The van der Waals surface area contributed by atoms with Gasteiger partial charge in [0.05, 0.1) is 19.6 Å². The zero-order chi connectivity index (χ0) is 12.3. The molecule has 0 radical (unpaired) electrons. The van der Waals surface area contributed by atoms with Crippen LogP contribution in [0.25, 0.3) is 0 Å². The maximum atomic E-state index is 11.6. The fraction of sp³-hybridized carbons (Fsp3) is 0.462. The summed E-state index contributed by atoms with van der Waals surface area (Å²) in [6, 6.07) is 5.70. The molecule has 0 unspecified atom stereocenters. The second kappa shape index (κ2) is 5.08. The molecule has 0 N–H and O–H groups in total. The van der Waals surface area contributed by atoms with Gasteiger partial charge in [0.15, 0.2) is 11.5 Å². The van der Waals surface area contributed by atoms with Gasteiger partial charge in [-0.1, -0.05) is 12.1 Å². The summed E-state index contributed by atoms with van der Waals surface area (Å²) < 4.78 is 15.8. The fourth-order valence-electron chi connectivity index (χ4n) is 1.97. The standard InChI is InChI=1S/C13H16O4/c1-3-16-13(14)10-7-9-5-4-6-11(15-2)12(9)17-8-10/h4-6,10H,3,7-8H2,1-2H3/t10-/m0/s1. The topological polar surface area (TPSA) is 44.8 Å². The average Bonchev–Trinajstić information content (AvgIpc) is 2.37. The van der Waals surface area contributed by atoms with Gasteiger partial charge in [0, 0.05) is 0 Å². The van der Waals surface area contributed by atoms with Crippen LogP contribution in [0.2, 0.25) is 0 Å². The Morgan fingerprint density at radius 3 is 3.06 bits per heavy atom. The second-order valence-corrected chi connectivity index (χ2v) is 3.91. The van der Waals surface area contributed by atoms with Crippen LogP contribution in [0, 0.1) is 5.92 Å². The van der Waals surface area contributed by atoms with Crippen LogP contribution in [-0.4, -0.2) is 26.3 Å². The Hall–Kier alpha value is -1.71. The number of para-hydroxylation sites is 1. The number of esters is 1. The van der Waals surface area contributed by atoms with E-state index < -0.39 is 0 Å². The maximum absolute atomic E-state index is 11.6. The molecule has 2 rings (SSSR count). The van der Waals surface area contributed by atoms with Gasteiger partial charge in [-0.3, -0.25) is 4.79 Å². The van der Waals surface area contributed by atoms with E-state index in [2.05, 4.69) is 0 Å². The second-order valence-electron chi connectivity index (χ2n) is 3.91. The van der Waals surface area contributed by atoms with Crippen LogP contribution in [0.4, 0.5) is 0 Å². The third-order valence-electron chi connectivity index (χ3n) is 2.80. The Kier molecular flexibility index (Phi) is 3.52. The Morgan fingerprint density at radius 2 is 2.35 bits per heavy atom. The molecule has 1 aliphatic heterocycles. The zero-order valence-corrected chi connectivity index (χ0v) is 10.1. The van der Waals surface area contributed by atoms with Crippen LogP contribution in [0.1, 0.15) is 12.5 Å². The molecule has 1 aromatic carbocycles. The summed E-state index contributed by atoms with van der Waals surface area (Å²) in [6.07, 6.45) is 0.644. The highest BCUT2D eigenvalue weighted by Gasteiger charge is 2.28. The first-order valence-electron chi connectivity index (χ1n) is 5.71. The van der Waals surface area contributed by atoms with E-state index in [0.717, 1.165) is 11.3 Å². The molecule has 17 heavy (non-hydrogen) atoms. The first kappa shape index (κ1) is 11.8. The predicted octanol–water partition coefficient (Wildman–Crippen LogP) is 1.81. The number of fused-ring (bicyclic) bond motifs is 1. The lowest BCUT2D eigenvalue weighted by molar-refractivity contribution is -0.149. The van der Waals surface area contributed by atoms with Crippen molar-refractivity contribution >= 4 is 5.97 Å². The minimum Gasteiger partial charge on any atom is -0.493 e. The van der Waals surface area contributed by atoms with E-state index in [0.29, 0.717) is 25.4 Å². The van der Waals surface area contributed by atoms with E-state index in [1.54, 1.807) is 14.0 Å². The molecule has 0 spiro atoms. The predicted molar refractivity (Wildman–Crippen MR) is 62.3 cm³/mol. The van der Waals surface area contributed by atoms with Crippen molar-refractivity contribution in [2.24, 2.45) is 5.92 Å². The summed E-state index contributed by atoms with van der Waals surface area (Å²) in [4.78, 5) is 11.6. The van der Waals surface area contributed by atoms with Crippen LogP contribution in [-0.2, 0) is 16.0 Å². The molecule has 0 saturated heterocycles. The van der Waals surface area contributed by atoms with E-state index in [1.807, 2.05) is 18.2 Å². The minimum atomic E-state index is -0.213. The largest absolute Gasteiger partial charge is 0.493 e. The number of methoxy groups -OCH3 is 1. The van der Waals surface area contributed by atoms with Gasteiger partial charge in [-0.2, -0.15) is 0 Å². The van der Waals surface area contributed by atoms with Crippen LogP contribution < -0.4 is 9.47 Å². The Morgan fingerprint density at radius 1 is 1.53 bits per heavy atom. The van der Waals surface area contributed by atoms with Crippen molar-refractivity contribution in [3.8, 4) is 11.5 Å². The first-order valence-corrected chi connectivity index (χ1v) is 5.71. The quantitative estimate of drug-likeness (QED) is 0.751. The molecular formula is C13H16O4. The van der Waals surface area contributed by atoms with Gasteiger partial charge >= 0.3 is 5.97 Å². The van der Waals surface area contributed by atoms with Gasteiger partial charge in [-0.25, -0.2) is 0 Å². The van der Waals surface area contributed by atoms with Gasteiger partial charge in [0.2, 0.25) is 0 Å². The highest BCUT2D eigenvalue weighted by Crippen LogP contribution is 2.36. The third kappa shape index (κ3) is 2.35. The van der Waals surface area contributed by atoms with Crippen molar-refractivity contribution in [3.05, 3.63) is 23.8 Å². The summed E-state index contributed by atoms with van der Waals surface area (Å²) in [5, 5.41) is 0. The molecule has 0 fully saturated rings.